The Morgan fingerprint density at radius 2 is 2.16 bits per heavy atom. The number of imide groups is 1. The maximum atomic E-state index is 12.2. The van der Waals surface area contributed by atoms with Gasteiger partial charge in [-0.1, -0.05) is 18.1 Å². The van der Waals surface area contributed by atoms with Crippen molar-refractivity contribution in [2.75, 3.05) is 13.6 Å². The summed E-state index contributed by atoms with van der Waals surface area (Å²) in [4.78, 5) is 27.2. The normalized spacial score (nSPS) is 40.9. The van der Waals surface area contributed by atoms with Crippen LogP contribution in [0, 0.1) is 18.4 Å². The smallest absolute Gasteiger partial charge is 0.259 e. The quantitative estimate of drug-likeness (QED) is 0.349. The fraction of sp³-hybridized carbons (Fsp3) is 0.571. The molecule has 0 bridgehead atoms. The third kappa shape index (κ3) is 1.41. The van der Waals surface area contributed by atoms with Crippen molar-refractivity contribution >= 4 is 11.8 Å². The second-order valence-corrected chi connectivity index (χ2v) is 5.68. The molecule has 5 heteroatoms. The minimum atomic E-state index is -0.703. The second-order valence-electron chi connectivity index (χ2n) is 5.68. The van der Waals surface area contributed by atoms with E-state index in [-0.39, 0.29) is 17.9 Å². The van der Waals surface area contributed by atoms with E-state index in [9.17, 15) is 9.59 Å². The molecule has 3 heterocycles. The summed E-state index contributed by atoms with van der Waals surface area (Å²) < 4.78 is 5.91. The number of likely N-dealkylation sites (tertiary alicyclic amines) is 1. The predicted molar refractivity (Wildman–Crippen MR) is 67.6 cm³/mol. The first-order valence-electron chi connectivity index (χ1n) is 6.29. The lowest BCUT2D eigenvalue weighted by Crippen LogP contribution is -2.54. The van der Waals surface area contributed by atoms with Crippen LogP contribution in [0.3, 0.4) is 0 Å². The second kappa shape index (κ2) is 3.61. The van der Waals surface area contributed by atoms with E-state index in [2.05, 4.69) is 6.04 Å². The van der Waals surface area contributed by atoms with E-state index in [4.69, 9.17) is 11.2 Å². The summed E-state index contributed by atoms with van der Waals surface area (Å²) in [5.74, 6) is -0.964. The van der Waals surface area contributed by atoms with Crippen LogP contribution in [0.4, 0.5) is 0 Å². The molecule has 4 atom stereocenters. The summed E-state index contributed by atoms with van der Waals surface area (Å²) >= 11 is 0. The molecule has 0 aromatic heterocycles. The molecule has 0 N–H and O–H groups in total. The summed E-state index contributed by atoms with van der Waals surface area (Å²) in [5.41, 5.74) is 0.418. The Kier molecular flexibility index (Phi) is 2.33. The molecule has 2 amide bonds. The van der Waals surface area contributed by atoms with E-state index >= 15 is 0 Å². The monoisotopic (exact) mass is 260 g/mol. The number of nitrogens with zero attached hydrogens (tertiary/aromatic N) is 2. The Balaban J connectivity index is 2.09. The van der Waals surface area contributed by atoms with Gasteiger partial charge in [-0.15, -0.1) is 0 Å². The molecule has 2 fully saturated rings. The van der Waals surface area contributed by atoms with Crippen LogP contribution >= 0.6 is 0 Å². The molecule has 0 aromatic carbocycles. The van der Waals surface area contributed by atoms with Crippen LogP contribution in [0.25, 0.3) is 0 Å². The Bertz CT molecular complexity index is 547. The van der Waals surface area contributed by atoms with Crippen molar-refractivity contribution in [3.8, 4) is 12.5 Å². The average Bonchev–Trinajstić information content (AvgIpc) is 2.76. The lowest BCUT2D eigenvalue weighted by Gasteiger charge is -2.41. The molecule has 0 saturated carbocycles. The first kappa shape index (κ1) is 12.2. The molecule has 0 aliphatic carbocycles. The van der Waals surface area contributed by atoms with Crippen molar-refractivity contribution < 1.29 is 14.3 Å². The number of likely N-dealkylation sites (N-methyl/N-ethyl adjacent to an activating group) is 1. The molecule has 3 aliphatic rings. The Hall–Kier alpha value is -1.80. The van der Waals surface area contributed by atoms with Crippen LogP contribution < -0.4 is 0 Å². The number of fused-ring (bicyclic) bond motifs is 3. The standard InChI is InChI=1S/C14H16N2O3/c1-5-16-7-8(2)6-14(3)11(16)9-10(19-14)13(18)15(4)12(9)17/h1,6,9-11H,7H2,2-4H3/t9-,10-,11-,14-/m0/s1. The molecule has 19 heavy (non-hydrogen) atoms. The van der Waals surface area contributed by atoms with Crippen LogP contribution in [0.1, 0.15) is 13.8 Å². The number of hydrogen-bond donors (Lipinski definition) is 0. The van der Waals surface area contributed by atoms with Crippen molar-refractivity contribution in [3.05, 3.63) is 11.6 Å². The Morgan fingerprint density at radius 1 is 1.47 bits per heavy atom. The number of amides is 2. The van der Waals surface area contributed by atoms with Gasteiger partial charge in [-0.3, -0.25) is 14.5 Å². The van der Waals surface area contributed by atoms with Gasteiger partial charge in [0, 0.05) is 19.6 Å². The zero-order chi connectivity index (χ0) is 13.9. The van der Waals surface area contributed by atoms with Gasteiger partial charge in [-0.25, -0.2) is 0 Å². The SMILES string of the molecule is C#CN1CC(C)=C[C@]2(C)O[C@@H]3C(=O)N(C)C(=O)[C@@H]3[C@H]12. The highest BCUT2D eigenvalue weighted by molar-refractivity contribution is 6.07. The zero-order valence-corrected chi connectivity index (χ0v) is 11.2. The van der Waals surface area contributed by atoms with E-state index in [0.29, 0.717) is 6.54 Å². The fourth-order valence-electron chi connectivity index (χ4n) is 3.58. The molecule has 3 aliphatic heterocycles. The molecule has 0 radical (unpaired) electrons. The summed E-state index contributed by atoms with van der Waals surface area (Å²) in [5, 5.41) is 0. The van der Waals surface area contributed by atoms with Crippen LogP contribution in [0.15, 0.2) is 11.6 Å². The largest absolute Gasteiger partial charge is 0.355 e. The zero-order valence-electron chi connectivity index (χ0n) is 11.2. The number of hydrogen-bond acceptors (Lipinski definition) is 4. The van der Waals surface area contributed by atoms with Gasteiger partial charge < -0.3 is 9.64 Å². The third-order valence-electron chi connectivity index (χ3n) is 4.28. The average molecular weight is 260 g/mol. The lowest BCUT2D eigenvalue weighted by molar-refractivity contribution is -0.145. The van der Waals surface area contributed by atoms with Gasteiger partial charge >= 0.3 is 0 Å². The highest BCUT2D eigenvalue weighted by atomic mass is 16.5. The van der Waals surface area contributed by atoms with Gasteiger partial charge in [-0.05, 0) is 13.8 Å². The number of terminal acetylenes is 1. The van der Waals surface area contributed by atoms with Crippen LogP contribution in [0.5, 0.6) is 0 Å². The Morgan fingerprint density at radius 3 is 2.79 bits per heavy atom. The van der Waals surface area contributed by atoms with Crippen molar-refractivity contribution in [3.63, 3.8) is 0 Å². The van der Waals surface area contributed by atoms with Crippen molar-refractivity contribution in [2.24, 2.45) is 5.92 Å². The highest BCUT2D eigenvalue weighted by Crippen LogP contribution is 2.46. The van der Waals surface area contributed by atoms with Crippen molar-refractivity contribution in [2.45, 2.75) is 31.6 Å². The van der Waals surface area contributed by atoms with Crippen molar-refractivity contribution in [1.82, 2.24) is 9.80 Å². The fourth-order valence-corrected chi connectivity index (χ4v) is 3.58. The molecular formula is C14H16N2O3. The lowest BCUT2D eigenvalue weighted by atomic mass is 9.82. The van der Waals surface area contributed by atoms with Gasteiger partial charge in [0.1, 0.15) is 5.60 Å². The minimum Gasteiger partial charge on any atom is -0.355 e. The number of rotatable bonds is 0. The summed E-state index contributed by atoms with van der Waals surface area (Å²) in [6, 6.07) is 2.35. The van der Waals surface area contributed by atoms with Crippen LogP contribution in [0.2, 0.25) is 0 Å². The van der Waals surface area contributed by atoms with Gasteiger partial charge in [0.2, 0.25) is 5.91 Å². The van der Waals surface area contributed by atoms with Gasteiger partial charge in [0.05, 0.1) is 12.0 Å². The minimum absolute atomic E-state index is 0.197. The molecule has 5 nitrogen and oxygen atoms in total. The van der Waals surface area contributed by atoms with Crippen LogP contribution in [-0.2, 0) is 14.3 Å². The van der Waals surface area contributed by atoms with Crippen LogP contribution in [-0.4, -0.2) is 53.0 Å². The highest BCUT2D eigenvalue weighted by Gasteiger charge is 2.64. The molecule has 3 rings (SSSR count). The molecule has 0 unspecified atom stereocenters. The molecular weight excluding hydrogens is 244 g/mol. The van der Waals surface area contributed by atoms with Gasteiger partial charge in [0.15, 0.2) is 6.10 Å². The first-order valence-corrected chi connectivity index (χ1v) is 6.29. The van der Waals surface area contributed by atoms with E-state index < -0.39 is 17.6 Å². The van der Waals surface area contributed by atoms with E-state index in [1.165, 1.54) is 7.05 Å². The number of carbonyl (C=O) groups is 2. The summed E-state index contributed by atoms with van der Waals surface area (Å²) in [6.07, 6.45) is 6.85. The molecule has 2 saturated heterocycles. The van der Waals surface area contributed by atoms with E-state index in [1.807, 2.05) is 19.9 Å². The van der Waals surface area contributed by atoms with Gasteiger partial charge in [-0.2, -0.15) is 0 Å². The maximum absolute atomic E-state index is 12.2. The van der Waals surface area contributed by atoms with Gasteiger partial charge in [0.25, 0.3) is 5.91 Å². The van der Waals surface area contributed by atoms with E-state index in [1.54, 1.807) is 4.90 Å². The predicted octanol–water partition coefficient (Wildman–Crippen LogP) is -0.0201. The molecule has 0 spiro atoms. The molecule has 100 valence electrons. The number of carbonyl (C=O) groups excluding carboxylic acids is 2. The van der Waals surface area contributed by atoms with E-state index in [0.717, 1.165) is 10.5 Å². The molecule has 0 aromatic rings. The topological polar surface area (TPSA) is 49.9 Å². The summed E-state index contributed by atoms with van der Waals surface area (Å²) in [6.45, 7) is 4.47. The third-order valence-corrected chi connectivity index (χ3v) is 4.28. The van der Waals surface area contributed by atoms with Crippen molar-refractivity contribution in [1.29, 1.82) is 0 Å². The maximum Gasteiger partial charge on any atom is 0.259 e. The number of ether oxygens (including phenoxy) is 1. The first-order chi connectivity index (χ1) is 8.89. The summed E-state index contributed by atoms with van der Waals surface area (Å²) in [7, 11) is 1.49. The Labute approximate surface area is 112 Å².